The van der Waals surface area contributed by atoms with Crippen molar-refractivity contribution in [1.82, 2.24) is 10.2 Å². The van der Waals surface area contributed by atoms with E-state index in [1.54, 1.807) is 11.0 Å². The maximum absolute atomic E-state index is 12.8. The number of hydrogen-bond acceptors (Lipinski definition) is 2. The molecule has 0 saturated carbocycles. The molecule has 1 N–H and O–H groups in total. The SMILES string of the molecule is CC(C)(C)NC(=O)N1CCN(c2cccc(C(F)(F)F)c2)CC1. The zero-order chi connectivity index (χ0) is 17.3. The number of piperazine rings is 1. The summed E-state index contributed by atoms with van der Waals surface area (Å²) >= 11 is 0. The molecule has 23 heavy (non-hydrogen) atoms. The van der Waals surface area contributed by atoms with Crippen molar-refractivity contribution in [2.45, 2.75) is 32.5 Å². The second kappa shape index (κ2) is 6.29. The zero-order valence-corrected chi connectivity index (χ0v) is 13.6. The van der Waals surface area contributed by atoms with Crippen LogP contribution in [0.1, 0.15) is 26.3 Å². The molecule has 0 spiro atoms. The quantitative estimate of drug-likeness (QED) is 0.858. The van der Waals surface area contributed by atoms with Crippen molar-refractivity contribution in [2.75, 3.05) is 31.1 Å². The third-order valence-electron chi connectivity index (χ3n) is 3.59. The van der Waals surface area contributed by atoms with Crippen LogP contribution in [0.3, 0.4) is 0 Å². The topological polar surface area (TPSA) is 35.6 Å². The maximum Gasteiger partial charge on any atom is 0.416 e. The minimum absolute atomic E-state index is 0.138. The Hall–Kier alpha value is -1.92. The van der Waals surface area contributed by atoms with Crippen LogP contribution < -0.4 is 10.2 Å². The van der Waals surface area contributed by atoms with Crippen molar-refractivity contribution in [3.63, 3.8) is 0 Å². The lowest BCUT2D eigenvalue weighted by molar-refractivity contribution is -0.137. The Morgan fingerprint density at radius 3 is 2.22 bits per heavy atom. The largest absolute Gasteiger partial charge is 0.416 e. The van der Waals surface area contributed by atoms with Crippen LogP contribution in [-0.2, 0) is 6.18 Å². The average Bonchev–Trinajstić information content (AvgIpc) is 2.45. The van der Waals surface area contributed by atoms with Crippen molar-refractivity contribution in [3.05, 3.63) is 29.8 Å². The van der Waals surface area contributed by atoms with E-state index >= 15 is 0 Å². The molecule has 1 aliphatic rings. The van der Waals surface area contributed by atoms with E-state index in [1.807, 2.05) is 25.7 Å². The Morgan fingerprint density at radius 1 is 1.09 bits per heavy atom. The van der Waals surface area contributed by atoms with Gasteiger partial charge in [-0.3, -0.25) is 0 Å². The van der Waals surface area contributed by atoms with Gasteiger partial charge in [0.15, 0.2) is 0 Å². The molecule has 2 amide bonds. The molecule has 1 fully saturated rings. The number of halogens is 3. The van der Waals surface area contributed by atoms with Gasteiger partial charge in [0.1, 0.15) is 0 Å². The molecule has 0 bridgehead atoms. The number of amides is 2. The fourth-order valence-electron chi connectivity index (χ4n) is 2.45. The molecule has 0 radical (unpaired) electrons. The second-order valence-corrected chi connectivity index (χ2v) is 6.70. The van der Waals surface area contributed by atoms with Crippen LogP contribution in [0.5, 0.6) is 0 Å². The molecule has 0 unspecified atom stereocenters. The molecule has 1 saturated heterocycles. The summed E-state index contributed by atoms with van der Waals surface area (Å²) in [6.45, 7) is 7.71. The number of nitrogens with zero attached hydrogens (tertiary/aromatic N) is 2. The van der Waals surface area contributed by atoms with Crippen molar-refractivity contribution in [2.24, 2.45) is 0 Å². The molecular formula is C16H22F3N3O. The Labute approximate surface area is 134 Å². The van der Waals surface area contributed by atoms with Gasteiger partial charge in [-0.05, 0) is 39.0 Å². The van der Waals surface area contributed by atoms with Gasteiger partial charge in [0.05, 0.1) is 5.56 Å². The van der Waals surface area contributed by atoms with E-state index in [0.29, 0.717) is 31.9 Å². The summed E-state index contributed by atoms with van der Waals surface area (Å²) in [6, 6.07) is 5.17. The van der Waals surface area contributed by atoms with E-state index in [9.17, 15) is 18.0 Å². The number of carbonyl (C=O) groups excluding carboxylic acids is 1. The van der Waals surface area contributed by atoms with E-state index < -0.39 is 11.7 Å². The van der Waals surface area contributed by atoms with Gasteiger partial charge >= 0.3 is 12.2 Å². The molecule has 1 aliphatic heterocycles. The molecule has 128 valence electrons. The van der Waals surface area contributed by atoms with Crippen LogP contribution in [0.4, 0.5) is 23.7 Å². The van der Waals surface area contributed by atoms with Crippen molar-refractivity contribution < 1.29 is 18.0 Å². The third kappa shape index (κ3) is 4.77. The molecule has 1 heterocycles. The summed E-state index contributed by atoms with van der Waals surface area (Å²) in [6.07, 6.45) is -4.34. The number of urea groups is 1. The number of benzene rings is 1. The van der Waals surface area contributed by atoms with Crippen molar-refractivity contribution in [1.29, 1.82) is 0 Å². The van der Waals surface area contributed by atoms with E-state index in [1.165, 1.54) is 6.07 Å². The van der Waals surface area contributed by atoms with Gasteiger partial charge in [-0.15, -0.1) is 0 Å². The van der Waals surface area contributed by atoms with Gasteiger partial charge in [-0.2, -0.15) is 13.2 Å². The highest BCUT2D eigenvalue weighted by atomic mass is 19.4. The van der Waals surface area contributed by atoms with Crippen LogP contribution in [0.15, 0.2) is 24.3 Å². The van der Waals surface area contributed by atoms with E-state index in [2.05, 4.69) is 5.32 Å². The van der Waals surface area contributed by atoms with E-state index in [4.69, 9.17) is 0 Å². The highest BCUT2D eigenvalue weighted by Crippen LogP contribution is 2.31. The van der Waals surface area contributed by atoms with Gasteiger partial charge in [-0.1, -0.05) is 6.07 Å². The fraction of sp³-hybridized carbons (Fsp3) is 0.562. The summed E-state index contributed by atoms with van der Waals surface area (Å²) in [4.78, 5) is 15.7. The van der Waals surface area contributed by atoms with Crippen molar-refractivity contribution >= 4 is 11.7 Å². The Morgan fingerprint density at radius 2 is 1.70 bits per heavy atom. The number of alkyl halides is 3. The van der Waals surface area contributed by atoms with Gasteiger partial charge in [0.25, 0.3) is 0 Å². The number of hydrogen-bond donors (Lipinski definition) is 1. The number of rotatable bonds is 1. The summed E-state index contributed by atoms with van der Waals surface area (Å²) in [7, 11) is 0. The van der Waals surface area contributed by atoms with Crippen molar-refractivity contribution in [3.8, 4) is 0 Å². The Kier molecular flexibility index (Phi) is 4.77. The molecule has 0 aliphatic carbocycles. The Balaban J connectivity index is 1.98. The second-order valence-electron chi connectivity index (χ2n) is 6.70. The lowest BCUT2D eigenvalue weighted by Crippen LogP contribution is -2.55. The lowest BCUT2D eigenvalue weighted by atomic mass is 10.1. The van der Waals surface area contributed by atoms with Crippen LogP contribution in [0.2, 0.25) is 0 Å². The van der Waals surface area contributed by atoms with Gasteiger partial charge in [0, 0.05) is 37.4 Å². The van der Waals surface area contributed by atoms with Gasteiger partial charge < -0.3 is 15.1 Å². The highest BCUT2D eigenvalue weighted by Gasteiger charge is 2.31. The summed E-state index contributed by atoms with van der Waals surface area (Å²) < 4.78 is 38.3. The molecule has 1 aromatic rings. The number of anilines is 1. The first kappa shape index (κ1) is 17.4. The minimum atomic E-state index is -4.34. The molecule has 0 aromatic heterocycles. The predicted molar refractivity (Wildman–Crippen MR) is 83.5 cm³/mol. The Bertz CT molecular complexity index is 558. The standard InChI is InChI=1S/C16H22F3N3O/c1-15(2,3)20-14(23)22-9-7-21(8-10-22)13-6-4-5-12(11-13)16(17,18)19/h4-6,11H,7-10H2,1-3H3,(H,20,23). The lowest BCUT2D eigenvalue weighted by Gasteiger charge is -2.37. The summed E-state index contributed by atoms with van der Waals surface area (Å²) in [5, 5.41) is 2.89. The zero-order valence-electron chi connectivity index (χ0n) is 13.6. The normalized spacial score (nSPS) is 16.4. The molecule has 4 nitrogen and oxygen atoms in total. The molecule has 2 rings (SSSR count). The average molecular weight is 329 g/mol. The summed E-state index contributed by atoms with van der Waals surface area (Å²) in [5.74, 6) is 0. The molecule has 1 aromatic carbocycles. The minimum Gasteiger partial charge on any atom is -0.368 e. The smallest absolute Gasteiger partial charge is 0.368 e. The monoisotopic (exact) mass is 329 g/mol. The van der Waals surface area contributed by atoms with E-state index in [0.717, 1.165) is 12.1 Å². The van der Waals surface area contributed by atoms with Crippen LogP contribution in [0.25, 0.3) is 0 Å². The fourth-order valence-corrected chi connectivity index (χ4v) is 2.45. The molecule has 0 atom stereocenters. The third-order valence-corrected chi connectivity index (χ3v) is 3.59. The van der Waals surface area contributed by atoms with Crippen LogP contribution in [0, 0.1) is 0 Å². The first-order valence-electron chi connectivity index (χ1n) is 7.55. The van der Waals surface area contributed by atoms with Gasteiger partial charge in [-0.25, -0.2) is 4.79 Å². The first-order valence-corrected chi connectivity index (χ1v) is 7.55. The van der Waals surface area contributed by atoms with E-state index in [-0.39, 0.29) is 11.6 Å². The van der Waals surface area contributed by atoms with Gasteiger partial charge in [0.2, 0.25) is 0 Å². The summed E-state index contributed by atoms with van der Waals surface area (Å²) in [5.41, 5.74) is -0.423. The number of carbonyl (C=O) groups is 1. The number of nitrogens with one attached hydrogen (secondary N) is 1. The first-order chi connectivity index (χ1) is 10.6. The highest BCUT2D eigenvalue weighted by molar-refractivity contribution is 5.75. The molecular weight excluding hydrogens is 307 g/mol. The predicted octanol–water partition coefficient (Wildman–Crippen LogP) is 3.34. The maximum atomic E-state index is 12.8. The van der Waals surface area contributed by atoms with Crippen LogP contribution in [-0.4, -0.2) is 42.6 Å². The molecule has 7 heteroatoms. The van der Waals surface area contributed by atoms with Crippen LogP contribution >= 0.6 is 0 Å².